The van der Waals surface area contributed by atoms with Crippen LogP contribution in [0.5, 0.6) is 0 Å². The van der Waals surface area contributed by atoms with Crippen LogP contribution < -0.4 is 10.6 Å². The molecule has 80 valence electrons. The van der Waals surface area contributed by atoms with Crippen molar-refractivity contribution in [3.8, 4) is 0 Å². The molecule has 0 radical (unpaired) electrons. The van der Waals surface area contributed by atoms with E-state index in [-0.39, 0.29) is 0 Å². The monoisotopic (exact) mass is 212 g/mol. The van der Waals surface area contributed by atoms with Crippen LogP contribution in [0.3, 0.4) is 0 Å². The molecule has 2 aliphatic rings. The maximum Gasteiger partial charge on any atom is 0.166 e. The largest absolute Gasteiger partial charge is 0.362 e. The normalized spacial score (nSPS) is 24.6. The Labute approximate surface area is 91.8 Å². The van der Waals surface area contributed by atoms with Crippen LogP contribution in [-0.4, -0.2) is 17.7 Å². The van der Waals surface area contributed by atoms with Gasteiger partial charge in [0.1, 0.15) is 0 Å². The van der Waals surface area contributed by atoms with E-state index >= 15 is 0 Å². The predicted molar refractivity (Wildman–Crippen MR) is 63.3 cm³/mol. The first-order chi connectivity index (χ1) is 6.68. The van der Waals surface area contributed by atoms with Crippen LogP contribution in [0.1, 0.15) is 45.4 Å². The molecule has 2 fully saturated rings. The molecule has 0 aromatic carbocycles. The van der Waals surface area contributed by atoms with Crippen LogP contribution in [0.2, 0.25) is 0 Å². The summed E-state index contributed by atoms with van der Waals surface area (Å²) in [5, 5.41) is 7.60. The zero-order chi connectivity index (χ0) is 10.0. The molecular weight excluding hydrogens is 192 g/mol. The average molecular weight is 212 g/mol. The second-order valence-electron chi connectivity index (χ2n) is 5.12. The van der Waals surface area contributed by atoms with Crippen LogP contribution in [-0.2, 0) is 0 Å². The first-order valence-corrected chi connectivity index (χ1v) is 6.13. The van der Waals surface area contributed by atoms with Gasteiger partial charge < -0.3 is 10.6 Å². The third-order valence-electron chi connectivity index (χ3n) is 3.47. The highest BCUT2D eigenvalue weighted by Crippen LogP contribution is 2.43. The molecule has 0 spiro atoms. The van der Waals surface area contributed by atoms with Gasteiger partial charge in [-0.1, -0.05) is 19.8 Å². The zero-order valence-electron chi connectivity index (χ0n) is 8.94. The van der Waals surface area contributed by atoms with Crippen LogP contribution in [0.4, 0.5) is 0 Å². The molecule has 0 atom stereocenters. The Kier molecular flexibility index (Phi) is 2.96. The minimum Gasteiger partial charge on any atom is -0.362 e. The van der Waals surface area contributed by atoms with Gasteiger partial charge in [0.05, 0.1) is 0 Å². The van der Waals surface area contributed by atoms with E-state index in [1.54, 1.807) is 0 Å². The van der Waals surface area contributed by atoms with Crippen molar-refractivity contribution in [1.82, 2.24) is 10.6 Å². The molecule has 2 nitrogen and oxygen atoms in total. The van der Waals surface area contributed by atoms with Gasteiger partial charge in [0, 0.05) is 12.6 Å². The summed E-state index contributed by atoms with van der Waals surface area (Å²) < 4.78 is 0. The summed E-state index contributed by atoms with van der Waals surface area (Å²) in [6.07, 6.45) is 8.01. The Morgan fingerprint density at radius 3 is 2.57 bits per heavy atom. The second-order valence-corrected chi connectivity index (χ2v) is 5.53. The average Bonchev–Trinajstić information content (AvgIpc) is 2.67. The summed E-state index contributed by atoms with van der Waals surface area (Å²) in [4.78, 5) is 0. The maximum absolute atomic E-state index is 5.26. The van der Waals surface area contributed by atoms with Gasteiger partial charge in [-0.2, -0.15) is 0 Å². The number of rotatable bonds is 3. The number of nitrogens with one attached hydrogen (secondary N) is 2. The summed E-state index contributed by atoms with van der Waals surface area (Å²) in [5.74, 6) is 0. The van der Waals surface area contributed by atoms with Crippen molar-refractivity contribution in [1.29, 1.82) is 0 Å². The van der Waals surface area contributed by atoms with Gasteiger partial charge in [-0.05, 0) is 43.3 Å². The molecule has 0 bridgehead atoms. The van der Waals surface area contributed by atoms with Gasteiger partial charge in [0.25, 0.3) is 0 Å². The lowest BCUT2D eigenvalue weighted by molar-refractivity contribution is 0.543. The van der Waals surface area contributed by atoms with Crippen molar-refractivity contribution in [2.45, 2.75) is 51.5 Å². The Bertz CT molecular complexity index is 217. The molecule has 0 aromatic heterocycles. The van der Waals surface area contributed by atoms with E-state index in [0.29, 0.717) is 11.5 Å². The van der Waals surface area contributed by atoms with E-state index in [0.717, 1.165) is 11.7 Å². The third kappa shape index (κ3) is 2.84. The van der Waals surface area contributed by atoms with Gasteiger partial charge in [0.2, 0.25) is 0 Å². The highest BCUT2D eigenvalue weighted by Gasteiger charge is 2.36. The van der Waals surface area contributed by atoms with Crippen LogP contribution >= 0.6 is 12.2 Å². The summed E-state index contributed by atoms with van der Waals surface area (Å²) in [7, 11) is 0. The minimum atomic E-state index is 0.543. The minimum absolute atomic E-state index is 0.543. The predicted octanol–water partition coefficient (Wildman–Crippen LogP) is 2.19. The van der Waals surface area contributed by atoms with Gasteiger partial charge in [-0.15, -0.1) is 0 Å². The van der Waals surface area contributed by atoms with E-state index in [2.05, 4.69) is 17.6 Å². The fourth-order valence-electron chi connectivity index (χ4n) is 1.99. The Morgan fingerprint density at radius 1 is 1.36 bits per heavy atom. The lowest BCUT2D eigenvalue weighted by Crippen LogP contribution is -2.42. The molecule has 14 heavy (non-hydrogen) atoms. The highest BCUT2D eigenvalue weighted by atomic mass is 32.1. The lowest BCUT2D eigenvalue weighted by atomic mass is 10.1. The number of hydrogen-bond acceptors (Lipinski definition) is 1. The molecule has 3 heteroatoms. The van der Waals surface area contributed by atoms with E-state index in [4.69, 9.17) is 12.2 Å². The maximum atomic E-state index is 5.26. The molecule has 2 saturated carbocycles. The number of hydrogen-bond donors (Lipinski definition) is 2. The Balaban J connectivity index is 1.62. The molecule has 2 N–H and O–H groups in total. The Hall–Kier alpha value is -0.310. The molecule has 2 aliphatic carbocycles. The van der Waals surface area contributed by atoms with E-state index < -0.39 is 0 Å². The summed E-state index contributed by atoms with van der Waals surface area (Å²) in [6, 6.07) is 0.641. The van der Waals surface area contributed by atoms with Crippen molar-refractivity contribution >= 4 is 17.3 Å². The standard InChI is InChI=1S/C11H20N2S/c1-11(6-7-11)8-12-10(14)13-9-4-2-3-5-9/h9H,2-8H2,1H3,(H2,12,13,14). The first-order valence-electron chi connectivity index (χ1n) is 5.72. The van der Waals surface area contributed by atoms with Gasteiger partial charge >= 0.3 is 0 Å². The molecule has 0 saturated heterocycles. The quantitative estimate of drug-likeness (QED) is 0.701. The van der Waals surface area contributed by atoms with E-state index in [9.17, 15) is 0 Å². The van der Waals surface area contributed by atoms with E-state index in [1.165, 1.54) is 38.5 Å². The second kappa shape index (κ2) is 4.05. The zero-order valence-corrected chi connectivity index (χ0v) is 9.75. The van der Waals surface area contributed by atoms with Gasteiger partial charge in [-0.3, -0.25) is 0 Å². The smallest absolute Gasteiger partial charge is 0.166 e. The van der Waals surface area contributed by atoms with Crippen molar-refractivity contribution in [2.24, 2.45) is 5.41 Å². The van der Waals surface area contributed by atoms with Crippen molar-refractivity contribution in [2.75, 3.05) is 6.54 Å². The summed E-state index contributed by atoms with van der Waals surface area (Å²) >= 11 is 5.26. The lowest BCUT2D eigenvalue weighted by Gasteiger charge is -2.17. The van der Waals surface area contributed by atoms with E-state index in [1.807, 2.05) is 0 Å². The topological polar surface area (TPSA) is 24.1 Å². The molecule has 0 aliphatic heterocycles. The van der Waals surface area contributed by atoms with Gasteiger partial charge in [0.15, 0.2) is 5.11 Å². The van der Waals surface area contributed by atoms with Crippen molar-refractivity contribution < 1.29 is 0 Å². The van der Waals surface area contributed by atoms with Crippen LogP contribution in [0, 0.1) is 5.41 Å². The van der Waals surface area contributed by atoms with Crippen molar-refractivity contribution in [3.05, 3.63) is 0 Å². The van der Waals surface area contributed by atoms with Crippen LogP contribution in [0.15, 0.2) is 0 Å². The third-order valence-corrected chi connectivity index (χ3v) is 3.73. The van der Waals surface area contributed by atoms with Crippen LogP contribution in [0.25, 0.3) is 0 Å². The molecule has 2 rings (SSSR count). The highest BCUT2D eigenvalue weighted by molar-refractivity contribution is 7.80. The number of thiocarbonyl (C=S) groups is 1. The fraction of sp³-hybridized carbons (Fsp3) is 0.909. The molecule has 0 aromatic rings. The molecular formula is C11H20N2S. The molecule has 0 unspecified atom stereocenters. The van der Waals surface area contributed by atoms with Gasteiger partial charge in [-0.25, -0.2) is 0 Å². The summed E-state index contributed by atoms with van der Waals surface area (Å²) in [6.45, 7) is 3.36. The van der Waals surface area contributed by atoms with Crippen molar-refractivity contribution in [3.63, 3.8) is 0 Å². The molecule has 0 heterocycles. The first kappa shape index (κ1) is 10.2. The fourth-order valence-corrected chi connectivity index (χ4v) is 2.23. The molecule has 0 amide bonds. The summed E-state index contributed by atoms with van der Waals surface area (Å²) in [5.41, 5.74) is 0.543. The SMILES string of the molecule is CC1(CNC(=S)NC2CCCC2)CC1. The Morgan fingerprint density at radius 2 is 2.00 bits per heavy atom.